The van der Waals surface area contributed by atoms with E-state index in [1.807, 2.05) is 6.08 Å². The van der Waals surface area contributed by atoms with Crippen LogP contribution in [0.1, 0.15) is 6.42 Å². The summed E-state index contributed by atoms with van der Waals surface area (Å²) in [7, 11) is -0.468. The molecule has 0 aliphatic carbocycles. The van der Waals surface area contributed by atoms with Gasteiger partial charge in [-0.25, -0.2) is 0 Å². The Bertz CT molecular complexity index is 274. The highest BCUT2D eigenvalue weighted by atomic mass is 28.3. The Morgan fingerprint density at radius 1 is 1.31 bits per heavy atom. The highest BCUT2D eigenvalue weighted by Crippen LogP contribution is 1.92. The molecular formula is C12H15Si. The predicted molar refractivity (Wildman–Crippen MR) is 61.6 cm³/mol. The molecule has 0 bridgehead atoms. The fourth-order valence-corrected chi connectivity index (χ4v) is 2.54. The maximum atomic E-state index is 3.69. The minimum absolute atomic E-state index is 0.468. The van der Waals surface area contributed by atoms with Crippen molar-refractivity contribution in [3.05, 3.63) is 54.8 Å². The lowest BCUT2D eigenvalue weighted by Crippen LogP contribution is -2.23. The predicted octanol–water partition coefficient (Wildman–Crippen LogP) is 2.69. The first kappa shape index (κ1) is 10.0. The van der Waals surface area contributed by atoms with Crippen molar-refractivity contribution in [2.24, 2.45) is 0 Å². The topological polar surface area (TPSA) is 0 Å². The second-order valence-electron chi connectivity index (χ2n) is 2.98. The van der Waals surface area contributed by atoms with Crippen LogP contribution in [0.25, 0.3) is 0 Å². The molecule has 0 spiro atoms. The van der Waals surface area contributed by atoms with Gasteiger partial charge >= 0.3 is 0 Å². The van der Waals surface area contributed by atoms with E-state index in [2.05, 4.69) is 55.2 Å². The molecule has 0 aromatic heterocycles. The molecule has 0 saturated heterocycles. The van der Waals surface area contributed by atoms with Crippen LogP contribution < -0.4 is 5.19 Å². The van der Waals surface area contributed by atoms with E-state index in [4.69, 9.17) is 0 Å². The van der Waals surface area contributed by atoms with Crippen LogP contribution in [-0.4, -0.2) is 8.80 Å². The molecule has 0 atom stereocenters. The normalized spacial score (nSPS) is 10.9. The number of benzene rings is 1. The summed E-state index contributed by atoms with van der Waals surface area (Å²) in [6.45, 7) is 6.00. The van der Waals surface area contributed by atoms with Gasteiger partial charge < -0.3 is 0 Å². The Morgan fingerprint density at radius 3 is 2.62 bits per heavy atom. The van der Waals surface area contributed by atoms with Crippen molar-refractivity contribution in [1.29, 1.82) is 0 Å². The zero-order valence-corrected chi connectivity index (χ0v) is 9.03. The Morgan fingerprint density at radius 2 is 2.00 bits per heavy atom. The lowest BCUT2D eigenvalue weighted by Gasteiger charge is -2.02. The molecule has 0 amide bonds. The zero-order chi connectivity index (χ0) is 9.52. The average Bonchev–Trinajstić information content (AvgIpc) is 2.19. The third-order valence-corrected chi connectivity index (χ3v) is 3.88. The van der Waals surface area contributed by atoms with Crippen LogP contribution in [0, 0.1) is 0 Å². The third-order valence-electron chi connectivity index (χ3n) is 1.90. The molecule has 67 valence electrons. The van der Waals surface area contributed by atoms with Crippen LogP contribution in [0.15, 0.2) is 54.8 Å². The lowest BCUT2D eigenvalue weighted by molar-refractivity contribution is 1.42. The molecule has 1 aromatic rings. The van der Waals surface area contributed by atoms with Crippen molar-refractivity contribution in [3.8, 4) is 0 Å². The molecule has 0 aliphatic rings. The molecule has 0 unspecified atom stereocenters. The van der Waals surface area contributed by atoms with Gasteiger partial charge in [-0.3, -0.25) is 0 Å². The van der Waals surface area contributed by atoms with Gasteiger partial charge in [-0.2, -0.15) is 0 Å². The fourth-order valence-electron chi connectivity index (χ4n) is 1.14. The SMILES string of the molecule is C=CCC=C[Si](C)c1ccccc1. The van der Waals surface area contributed by atoms with Crippen LogP contribution in [0.5, 0.6) is 0 Å². The molecule has 0 nitrogen and oxygen atoms in total. The summed E-state index contributed by atoms with van der Waals surface area (Å²) in [5.74, 6) is 0. The highest BCUT2D eigenvalue weighted by Gasteiger charge is 2.00. The van der Waals surface area contributed by atoms with Crippen LogP contribution >= 0.6 is 0 Å². The Kier molecular flexibility index (Phi) is 4.26. The smallest absolute Gasteiger partial charge is 0.103 e. The maximum Gasteiger partial charge on any atom is 0.109 e. The molecule has 0 fully saturated rings. The molecule has 0 N–H and O–H groups in total. The van der Waals surface area contributed by atoms with Gasteiger partial charge in [0.2, 0.25) is 0 Å². The summed E-state index contributed by atoms with van der Waals surface area (Å²) in [5, 5.41) is 1.47. The van der Waals surface area contributed by atoms with Crippen molar-refractivity contribution in [2.45, 2.75) is 13.0 Å². The van der Waals surface area contributed by atoms with E-state index in [0.717, 1.165) is 6.42 Å². The lowest BCUT2D eigenvalue weighted by atomic mass is 10.4. The zero-order valence-electron chi connectivity index (χ0n) is 8.03. The molecule has 0 aliphatic heterocycles. The van der Waals surface area contributed by atoms with E-state index in [-0.39, 0.29) is 0 Å². The quantitative estimate of drug-likeness (QED) is 0.502. The molecule has 1 heteroatoms. The molecule has 0 heterocycles. The molecule has 1 aromatic carbocycles. The minimum atomic E-state index is -0.468. The van der Waals surface area contributed by atoms with Gasteiger partial charge in [0.25, 0.3) is 0 Å². The van der Waals surface area contributed by atoms with E-state index in [1.165, 1.54) is 5.19 Å². The summed E-state index contributed by atoms with van der Waals surface area (Å²) in [4.78, 5) is 0. The van der Waals surface area contributed by atoms with Crippen molar-refractivity contribution in [2.75, 3.05) is 0 Å². The summed E-state index contributed by atoms with van der Waals surface area (Å²) >= 11 is 0. The van der Waals surface area contributed by atoms with Crippen LogP contribution in [-0.2, 0) is 0 Å². The standard InChI is InChI=1S/C12H15Si/c1-3-4-8-11-13(2)12-9-6-5-7-10-12/h3,5-11H,1,4H2,2H3. The van der Waals surface area contributed by atoms with Gasteiger partial charge in [-0.1, -0.05) is 59.9 Å². The number of hydrogen-bond acceptors (Lipinski definition) is 0. The van der Waals surface area contributed by atoms with Crippen molar-refractivity contribution in [3.63, 3.8) is 0 Å². The van der Waals surface area contributed by atoms with Gasteiger partial charge in [-0.05, 0) is 6.42 Å². The van der Waals surface area contributed by atoms with E-state index in [1.54, 1.807) is 0 Å². The largest absolute Gasteiger partial charge is 0.109 e. The van der Waals surface area contributed by atoms with Crippen molar-refractivity contribution in [1.82, 2.24) is 0 Å². The highest BCUT2D eigenvalue weighted by molar-refractivity contribution is 6.76. The van der Waals surface area contributed by atoms with E-state index in [9.17, 15) is 0 Å². The fraction of sp³-hybridized carbons (Fsp3) is 0.167. The second-order valence-corrected chi connectivity index (χ2v) is 5.25. The molecule has 0 saturated carbocycles. The summed E-state index contributed by atoms with van der Waals surface area (Å²) < 4.78 is 0. The van der Waals surface area contributed by atoms with E-state index in [0.29, 0.717) is 0 Å². The summed E-state index contributed by atoms with van der Waals surface area (Å²) in [5.41, 5.74) is 2.32. The van der Waals surface area contributed by atoms with Crippen molar-refractivity contribution >= 4 is 14.0 Å². The van der Waals surface area contributed by atoms with Gasteiger partial charge in [0.05, 0.1) is 0 Å². The number of hydrogen-bond donors (Lipinski definition) is 0. The van der Waals surface area contributed by atoms with E-state index < -0.39 is 8.80 Å². The number of rotatable bonds is 4. The van der Waals surface area contributed by atoms with Gasteiger partial charge in [0.15, 0.2) is 0 Å². The Balaban J connectivity index is 2.58. The summed E-state index contributed by atoms with van der Waals surface area (Å²) in [6.07, 6.45) is 5.11. The first-order chi connectivity index (χ1) is 6.34. The second kappa shape index (κ2) is 5.54. The maximum absolute atomic E-state index is 3.69. The van der Waals surface area contributed by atoms with Crippen LogP contribution in [0.2, 0.25) is 6.55 Å². The minimum Gasteiger partial charge on any atom is -0.103 e. The molecule has 1 rings (SSSR count). The van der Waals surface area contributed by atoms with Crippen LogP contribution in [0.3, 0.4) is 0 Å². The van der Waals surface area contributed by atoms with E-state index >= 15 is 0 Å². The molecule has 1 radical (unpaired) electrons. The number of allylic oxidation sites excluding steroid dienone is 2. The molecule has 13 heavy (non-hydrogen) atoms. The molecular weight excluding hydrogens is 172 g/mol. The first-order valence-electron chi connectivity index (χ1n) is 4.51. The Labute approximate surface area is 82.2 Å². The Hall–Kier alpha value is -1.08. The van der Waals surface area contributed by atoms with Gasteiger partial charge in [0, 0.05) is 0 Å². The monoisotopic (exact) mass is 187 g/mol. The van der Waals surface area contributed by atoms with Crippen LogP contribution in [0.4, 0.5) is 0 Å². The average molecular weight is 187 g/mol. The summed E-state index contributed by atoms with van der Waals surface area (Å²) in [6, 6.07) is 10.7. The third kappa shape index (κ3) is 3.43. The van der Waals surface area contributed by atoms with Gasteiger partial charge in [-0.15, -0.1) is 6.58 Å². The van der Waals surface area contributed by atoms with Crippen molar-refractivity contribution < 1.29 is 0 Å². The van der Waals surface area contributed by atoms with Gasteiger partial charge in [0.1, 0.15) is 8.80 Å². The first-order valence-corrected chi connectivity index (χ1v) is 6.58.